The number of hydrogen-bond acceptors (Lipinski definition) is 6. The maximum Gasteiger partial charge on any atom is 0.306 e. The third kappa shape index (κ3) is 67.6. The molecule has 0 aliphatic heterocycles. The summed E-state index contributed by atoms with van der Waals surface area (Å²) in [6.07, 6.45) is 92.9. The Labute approximate surface area is 510 Å². The van der Waals surface area contributed by atoms with E-state index in [0.717, 1.165) is 109 Å². The maximum absolute atomic E-state index is 12.9. The molecular formula is C76H136O6. The van der Waals surface area contributed by atoms with E-state index in [0.29, 0.717) is 19.3 Å². The number of carbonyl (C=O) groups excluding carboxylic acids is 3. The topological polar surface area (TPSA) is 78.9 Å². The van der Waals surface area contributed by atoms with Crippen molar-refractivity contribution in [1.29, 1.82) is 0 Å². The van der Waals surface area contributed by atoms with Gasteiger partial charge in [0.05, 0.1) is 0 Å². The molecule has 0 aromatic carbocycles. The van der Waals surface area contributed by atoms with Crippen LogP contribution in [-0.2, 0) is 28.6 Å². The molecule has 1 atom stereocenters. The van der Waals surface area contributed by atoms with Gasteiger partial charge in [0, 0.05) is 19.3 Å². The first-order valence-corrected chi connectivity index (χ1v) is 35.9. The Kier molecular flexibility index (Phi) is 67.6. The highest BCUT2D eigenvalue weighted by Gasteiger charge is 2.19. The number of ether oxygens (including phenoxy) is 3. The van der Waals surface area contributed by atoms with Gasteiger partial charge in [0.25, 0.3) is 0 Å². The number of esters is 3. The molecule has 0 rings (SSSR count). The van der Waals surface area contributed by atoms with E-state index in [9.17, 15) is 14.4 Å². The fourth-order valence-electron chi connectivity index (χ4n) is 10.6. The lowest BCUT2D eigenvalue weighted by Crippen LogP contribution is -2.30. The van der Waals surface area contributed by atoms with Crippen molar-refractivity contribution in [3.05, 3.63) is 72.9 Å². The van der Waals surface area contributed by atoms with Crippen molar-refractivity contribution in [1.82, 2.24) is 0 Å². The first-order chi connectivity index (χ1) is 40.5. The van der Waals surface area contributed by atoms with Gasteiger partial charge in [0.15, 0.2) is 6.10 Å². The van der Waals surface area contributed by atoms with E-state index >= 15 is 0 Å². The predicted octanol–water partition coefficient (Wildman–Crippen LogP) is 24.8. The predicted molar refractivity (Wildman–Crippen MR) is 358 cm³/mol. The monoisotopic (exact) mass is 1150 g/mol. The normalized spacial score (nSPS) is 12.5. The van der Waals surface area contributed by atoms with E-state index in [-0.39, 0.29) is 31.1 Å². The zero-order chi connectivity index (χ0) is 59.2. The van der Waals surface area contributed by atoms with Crippen molar-refractivity contribution < 1.29 is 28.6 Å². The molecule has 0 fully saturated rings. The summed E-state index contributed by atoms with van der Waals surface area (Å²) in [7, 11) is 0. The minimum Gasteiger partial charge on any atom is -0.462 e. The largest absolute Gasteiger partial charge is 0.462 e. The van der Waals surface area contributed by atoms with Crippen molar-refractivity contribution in [3.63, 3.8) is 0 Å². The van der Waals surface area contributed by atoms with Crippen LogP contribution in [0.15, 0.2) is 72.9 Å². The average Bonchev–Trinajstić information content (AvgIpc) is 3.47. The van der Waals surface area contributed by atoms with Crippen LogP contribution in [0.1, 0.15) is 374 Å². The van der Waals surface area contributed by atoms with Crippen LogP contribution in [0, 0.1) is 0 Å². The molecule has 0 heterocycles. The Morgan fingerprint density at radius 3 is 0.744 bits per heavy atom. The fourth-order valence-corrected chi connectivity index (χ4v) is 10.6. The molecule has 476 valence electrons. The summed E-state index contributed by atoms with van der Waals surface area (Å²) in [5, 5.41) is 0. The van der Waals surface area contributed by atoms with Gasteiger partial charge < -0.3 is 14.2 Å². The molecular weight excluding hydrogens is 1010 g/mol. The minimum absolute atomic E-state index is 0.0753. The molecule has 0 aromatic heterocycles. The standard InChI is InChI=1S/C76H136O6/c1-4-7-10-13-15-17-19-21-23-25-27-29-31-33-35-36-37-38-39-41-42-44-46-48-50-52-54-56-58-60-63-66-69-75(78)81-72-73(71-80-74(77)68-65-62-12-9-6-3)82-76(79)70-67-64-61-59-57-55-53-51-49-47-45-43-40-34-32-30-28-26-24-22-20-18-16-14-11-8-5-2/h8,11,16,18,22,24,28,30,34,40,45,47,73H,4-7,9-10,12-15,17,19-21,23,25-27,29,31-33,35-39,41-44,46,48-72H2,1-3H3/b11-8-,18-16-,24-22-,30-28-,40-34-,47-45-. The molecule has 82 heavy (non-hydrogen) atoms. The van der Waals surface area contributed by atoms with Crippen LogP contribution in [0.2, 0.25) is 0 Å². The van der Waals surface area contributed by atoms with Gasteiger partial charge in [-0.25, -0.2) is 0 Å². The molecule has 0 amide bonds. The lowest BCUT2D eigenvalue weighted by atomic mass is 10.0. The minimum atomic E-state index is -0.776. The number of rotatable bonds is 66. The summed E-state index contributed by atoms with van der Waals surface area (Å²) < 4.78 is 16.8. The van der Waals surface area contributed by atoms with Gasteiger partial charge in [0.1, 0.15) is 13.2 Å². The Bertz CT molecular complexity index is 1500. The number of carbonyl (C=O) groups is 3. The first kappa shape index (κ1) is 78.8. The average molecular weight is 1150 g/mol. The number of allylic oxidation sites excluding steroid dienone is 12. The van der Waals surface area contributed by atoms with Crippen molar-refractivity contribution >= 4 is 17.9 Å². The van der Waals surface area contributed by atoms with Gasteiger partial charge in [-0.05, 0) is 70.6 Å². The van der Waals surface area contributed by atoms with E-state index < -0.39 is 6.10 Å². The third-order valence-electron chi connectivity index (χ3n) is 16.0. The molecule has 1 unspecified atom stereocenters. The summed E-state index contributed by atoms with van der Waals surface area (Å²) in [4.78, 5) is 38.0. The van der Waals surface area contributed by atoms with E-state index in [1.807, 2.05) is 0 Å². The van der Waals surface area contributed by atoms with Gasteiger partial charge in [-0.3, -0.25) is 14.4 Å². The molecule has 0 radical (unpaired) electrons. The highest BCUT2D eigenvalue weighted by molar-refractivity contribution is 5.71. The Morgan fingerprint density at radius 2 is 0.476 bits per heavy atom. The second-order valence-corrected chi connectivity index (χ2v) is 24.1. The summed E-state index contributed by atoms with van der Waals surface area (Å²) in [6.45, 7) is 6.49. The van der Waals surface area contributed by atoms with Crippen LogP contribution < -0.4 is 0 Å². The summed E-state index contributed by atoms with van der Waals surface area (Å²) in [6, 6.07) is 0. The Morgan fingerprint density at radius 1 is 0.256 bits per heavy atom. The first-order valence-electron chi connectivity index (χ1n) is 35.9. The summed E-state index contributed by atoms with van der Waals surface area (Å²) in [5.74, 6) is -0.881. The van der Waals surface area contributed by atoms with Crippen LogP contribution in [0.5, 0.6) is 0 Å². The molecule has 0 saturated carbocycles. The van der Waals surface area contributed by atoms with Crippen LogP contribution in [0.3, 0.4) is 0 Å². The second-order valence-electron chi connectivity index (χ2n) is 24.1. The van der Waals surface area contributed by atoms with E-state index in [4.69, 9.17) is 14.2 Å². The van der Waals surface area contributed by atoms with Gasteiger partial charge in [0.2, 0.25) is 0 Å². The van der Waals surface area contributed by atoms with Gasteiger partial charge in [-0.1, -0.05) is 357 Å². The molecule has 0 bridgehead atoms. The quantitative estimate of drug-likeness (QED) is 0.0261. The molecule has 0 aliphatic carbocycles. The van der Waals surface area contributed by atoms with Crippen molar-refractivity contribution in [2.45, 2.75) is 380 Å². The highest BCUT2D eigenvalue weighted by atomic mass is 16.6. The molecule has 0 saturated heterocycles. The lowest BCUT2D eigenvalue weighted by molar-refractivity contribution is -0.167. The van der Waals surface area contributed by atoms with Crippen LogP contribution in [-0.4, -0.2) is 37.2 Å². The maximum atomic E-state index is 12.9. The summed E-state index contributed by atoms with van der Waals surface area (Å²) in [5.41, 5.74) is 0. The van der Waals surface area contributed by atoms with Crippen LogP contribution in [0.25, 0.3) is 0 Å². The molecule has 0 N–H and O–H groups in total. The number of unbranched alkanes of at least 4 members (excludes halogenated alkanes) is 43. The zero-order valence-corrected chi connectivity index (χ0v) is 54.8. The van der Waals surface area contributed by atoms with Gasteiger partial charge in [-0.15, -0.1) is 0 Å². The lowest BCUT2D eigenvalue weighted by Gasteiger charge is -2.18. The van der Waals surface area contributed by atoms with Gasteiger partial charge >= 0.3 is 17.9 Å². The van der Waals surface area contributed by atoms with Crippen molar-refractivity contribution in [2.75, 3.05) is 13.2 Å². The molecule has 0 spiro atoms. The molecule has 0 aromatic rings. The smallest absolute Gasteiger partial charge is 0.306 e. The van der Waals surface area contributed by atoms with E-state index in [1.165, 1.54) is 225 Å². The summed E-state index contributed by atoms with van der Waals surface area (Å²) >= 11 is 0. The van der Waals surface area contributed by atoms with Crippen LogP contribution in [0.4, 0.5) is 0 Å². The molecule has 6 nitrogen and oxygen atoms in total. The Hall–Kier alpha value is -3.15. The van der Waals surface area contributed by atoms with Gasteiger partial charge in [-0.2, -0.15) is 0 Å². The Balaban J connectivity index is 3.95. The third-order valence-corrected chi connectivity index (χ3v) is 16.0. The fraction of sp³-hybridized carbons (Fsp3) is 0.803. The molecule has 6 heteroatoms. The molecule has 0 aliphatic rings. The van der Waals surface area contributed by atoms with Crippen molar-refractivity contribution in [2.24, 2.45) is 0 Å². The zero-order valence-electron chi connectivity index (χ0n) is 54.8. The highest BCUT2D eigenvalue weighted by Crippen LogP contribution is 2.19. The van der Waals surface area contributed by atoms with E-state index in [1.54, 1.807) is 0 Å². The van der Waals surface area contributed by atoms with E-state index in [2.05, 4.69) is 93.7 Å². The van der Waals surface area contributed by atoms with Crippen LogP contribution >= 0.6 is 0 Å². The SMILES string of the molecule is CC/C=C\C/C=C\C/C=C\C/C=C\C/C=C\C/C=C\CCCCCCCCCCC(=O)OC(COC(=O)CCCCCCC)COC(=O)CCCCCCCCCCCCCCCCCCCCCCCCCCCCCCCCCC. The second kappa shape index (κ2) is 70.3. The number of hydrogen-bond donors (Lipinski definition) is 0. The van der Waals surface area contributed by atoms with Crippen molar-refractivity contribution in [3.8, 4) is 0 Å².